The molecule has 0 saturated heterocycles. The lowest BCUT2D eigenvalue weighted by Gasteiger charge is -2.73. The maximum atomic E-state index is 10.8. The van der Waals surface area contributed by atoms with Gasteiger partial charge in [0.15, 0.2) is 0 Å². The second kappa shape index (κ2) is 6.43. The molecule has 176 valence electrons. The van der Waals surface area contributed by atoms with E-state index < -0.39 is 0 Å². The van der Waals surface area contributed by atoms with Crippen LogP contribution in [0.15, 0.2) is 11.6 Å². The highest BCUT2D eigenvalue weighted by Crippen LogP contribution is 2.77. The molecule has 4 fully saturated rings. The topological polar surface area (TPSA) is 20.2 Å². The quantitative estimate of drug-likeness (QED) is 0.387. The normalized spacial score (nSPS) is 55.2. The van der Waals surface area contributed by atoms with E-state index in [0.29, 0.717) is 33.0 Å². The van der Waals surface area contributed by atoms with Gasteiger partial charge in [-0.15, -0.1) is 0 Å². The molecule has 0 aromatic rings. The molecule has 1 heteroatoms. The Labute approximate surface area is 192 Å². The summed E-state index contributed by atoms with van der Waals surface area (Å²) in [5, 5.41) is 10.8. The first kappa shape index (κ1) is 22.5. The van der Waals surface area contributed by atoms with Gasteiger partial charge < -0.3 is 5.11 Å². The predicted molar refractivity (Wildman–Crippen MR) is 131 cm³/mol. The molecule has 5 aliphatic carbocycles. The minimum Gasteiger partial charge on any atom is -0.392 e. The van der Waals surface area contributed by atoms with Gasteiger partial charge in [0.05, 0.1) is 6.10 Å². The highest BCUT2D eigenvalue weighted by Gasteiger charge is 2.69. The van der Waals surface area contributed by atoms with Crippen molar-refractivity contribution in [2.24, 2.45) is 50.2 Å². The highest BCUT2D eigenvalue weighted by molar-refractivity contribution is 5.30. The molecule has 1 N–H and O–H groups in total. The molecular weight excluding hydrogens is 376 g/mol. The summed E-state index contributed by atoms with van der Waals surface area (Å²) >= 11 is 0. The molecule has 31 heavy (non-hydrogen) atoms. The Bertz CT molecular complexity index is 790. The van der Waals surface area contributed by atoms with Crippen molar-refractivity contribution in [3.63, 3.8) is 0 Å². The van der Waals surface area contributed by atoms with Gasteiger partial charge in [0, 0.05) is 5.41 Å². The van der Waals surface area contributed by atoms with E-state index in [1.54, 1.807) is 5.57 Å². The number of rotatable bonds is 0. The number of hydrogen-bond acceptors (Lipinski definition) is 1. The molecule has 0 aliphatic heterocycles. The third kappa shape index (κ3) is 2.77. The van der Waals surface area contributed by atoms with Crippen LogP contribution >= 0.6 is 0 Å². The van der Waals surface area contributed by atoms with E-state index in [0.717, 1.165) is 18.3 Å². The molecule has 8 atom stereocenters. The molecule has 0 aromatic carbocycles. The Morgan fingerprint density at radius 1 is 0.742 bits per heavy atom. The summed E-state index contributed by atoms with van der Waals surface area (Å²) < 4.78 is 0. The Balaban J connectivity index is 1.57. The van der Waals surface area contributed by atoms with Gasteiger partial charge in [0.25, 0.3) is 0 Å². The number of aliphatic hydroxyl groups is 1. The van der Waals surface area contributed by atoms with Crippen LogP contribution in [0.3, 0.4) is 0 Å². The predicted octanol–water partition coefficient (Wildman–Crippen LogP) is 8.17. The van der Waals surface area contributed by atoms with Crippen molar-refractivity contribution in [1.29, 1.82) is 0 Å². The van der Waals surface area contributed by atoms with Crippen LogP contribution in [0.1, 0.15) is 120 Å². The van der Waals surface area contributed by atoms with Crippen molar-refractivity contribution in [2.75, 3.05) is 0 Å². The third-order valence-electron chi connectivity index (χ3n) is 13.1. The van der Waals surface area contributed by atoms with Crippen LogP contribution in [0.25, 0.3) is 0 Å². The summed E-state index contributed by atoms with van der Waals surface area (Å²) in [5.41, 5.74) is 3.96. The maximum absolute atomic E-state index is 10.8. The summed E-state index contributed by atoms with van der Waals surface area (Å²) in [5.74, 6) is 2.36. The fourth-order valence-corrected chi connectivity index (χ4v) is 10.4. The zero-order valence-electron chi connectivity index (χ0n) is 21.9. The Morgan fingerprint density at radius 3 is 2.06 bits per heavy atom. The van der Waals surface area contributed by atoms with Crippen LogP contribution in [-0.4, -0.2) is 11.2 Å². The minimum atomic E-state index is -0.167. The van der Waals surface area contributed by atoms with Crippen LogP contribution < -0.4 is 0 Å². The Hall–Kier alpha value is -0.300. The molecule has 5 aliphatic rings. The molecule has 0 spiro atoms. The fraction of sp³-hybridized carbons (Fsp3) is 0.933. The minimum absolute atomic E-state index is 0.0446. The zero-order valence-corrected chi connectivity index (χ0v) is 21.9. The van der Waals surface area contributed by atoms with Crippen molar-refractivity contribution in [1.82, 2.24) is 0 Å². The van der Waals surface area contributed by atoms with Gasteiger partial charge in [-0.05, 0) is 109 Å². The maximum Gasteiger partial charge on any atom is 0.0628 e. The first-order valence-corrected chi connectivity index (χ1v) is 13.6. The van der Waals surface area contributed by atoms with E-state index in [1.807, 2.05) is 0 Å². The van der Waals surface area contributed by atoms with E-state index in [-0.39, 0.29) is 11.5 Å². The monoisotopic (exact) mass is 426 g/mol. The van der Waals surface area contributed by atoms with Gasteiger partial charge >= 0.3 is 0 Å². The summed E-state index contributed by atoms with van der Waals surface area (Å²) in [6, 6.07) is 0. The van der Waals surface area contributed by atoms with Crippen LogP contribution in [0.2, 0.25) is 0 Å². The van der Waals surface area contributed by atoms with Crippen molar-refractivity contribution >= 4 is 0 Å². The second-order valence-corrected chi connectivity index (χ2v) is 15.2. The number of aliphatic hydroxyl groups excluding tert-OH is 1. The zero-order chi connectivity index (χ0) is 22.7. The van der Waals surface area contributed by atoms with Crippen LogP contribution in [0.4, 0.5) is 0 Å². The number of hydrogen-bond donors (Lipinski definition) is 1. The van der Waals surface area contributed by atoms with Gasteiger partial charge in [0.2, 0.25) is 0 Å². The lowest BCUT2D eigenvalue weighted by Crippen LogP contribution is -2.65. The number of fused-ring (bicyclic) bond motifs is 7. The summed E-state index contributed by atoms with van der Waals surface area (Å²) in [7, 11) is 0. The van der Waals surface area contributed by atoms with E-state index in [9.17, 15) is 5.11 Å². The van der Waals surface area contributed by atoms with Crippen molar-refractivity contribution in [2.45, 2.75) is 126 Å². The summed E-state index contributed by atoms with van der Waals surface area (Å²) in [4.78, 5) is 0. The van der Waals surface area contributed by atoms with E-state index in [4.69, 9.17) is 0 Å². The molecule has 0 bridgehead atoms. The lowest BCUT2D eigenvalue weighted by atomic mass is 9.31. The SMILES string of the molecule is CC1(C)CC[C@]2(C)CC[C@]3(C)[C@@H]4CC=C5[C@@H](CC[C@@H](O)C5(C)C)[C@]4(C)CC[C@@]3(C)[C@H]2C1. The average molecular weight is 427 g/mol. The summed E-state index contributed by atoms with van der Waals surface area (Å²) in [6.45, 7) is 20.5. The third-order valence-corrected chi connectivity index (χ3v) is 13.1. The van der Waals surface area contributed by atoms with Crippen LogP contribution in [0.5, 0.6) is 0 Å². The molecule has 0 heterocycles. The van der Waals surface area contributed by atoms with Gasteiger partial charge in [-0.2, -0.15) is 0 Å². The Morgan fingerprint density at radius 2 is 1.35 bits per heavy atom. The van der Waals surface area contributed by atoms with E-state index in [1.165, 1.54) is 57.8 Å². The largest absolute Gasteiger partial charge is 0.392 e. The number of allylic oxidation sites excluding steroid dienone is 1. The van der Waals surface area contributed by atoms with Crippen molar-refractivity contribution in [3.05, 3.63) is 11.6 Å². The molecule has 5 rings (SSSR count). The first-order valence-electron chi connectivity index (χ1n) is 13.6. The second-order valence-electron chi connectivity index (χ2n) is 15.2. The highest BCUT2D eigenvalue weighted by atomic mass is 16.3. The molecule has 0 unspecified atom stereocenters. The molecule has 0 aromatic heterocycles. The lowest BCUT2D eigenvalue weighted by molar-refractivity contribution is -0.230. The van der Waals surface area contributed by atoms with Crippen molar-refractivity contribution < 1.29 is 5.11 Å². The molecule has 0 radical (unpaired) electrons. The van der Waals surface area contributed by atoms with Gasteiger partial charge in [-0.1, -0.05) is 67.0 Å². The first-order chi connectivity index (χ1) is 14.2. The molecule has 0 amide bonds. The molecule has 1 nitrogen and oxygen atoms in total. The Kier molecular flexibility index (Phi) is 4.66. The fourth-order valence-electron chi connectivity index (χ4n) is 10.4. The average Bonchev–Trinajstić information content (AvgIpc) is 2.68. The van der Waals surface area contributed by atoms with Crippen LogP contribution in [-0.2, 0) is 0 Å². The van der Waals surface area contributed by atoms with E-state index >= 15 is 0 Å². The van der Waals surface area contributed by atoms with E-state index in [2.05, 4.69) is 61.5 Å². The molecular formula is C30H50O. The van der Waals surface area contributed by atoms with Crippen molar-refractivity contribution in [3.8, 4) is 0 Å². The van der Waals surface area contributed by atoms with Gasteiger partial charge in [0.1, 0.15) is 0 Å². The summed E-state index contributed by atoms with van der Waals surface area (Å²) in [6.07, 6.45) is 15.9. The smallest absolute Gasteiger partial charge is 0.0628 e. The van der Waals surface area contributed by atoms with Gasteiger partial charge in [-0.3, -0.25) is 0 Å². The van der Waals surface area contributed by atoms with Gasteiger partial charge in [-0.25, -0.2) is 0 Å². The molecule has 4 saturated carbocycles. The van der Waals surface area contributed by atoms with Crippen LogP contribution in [0, 0.1) is 50.2 Å². The standard InChI is InChI=1S/C30H50O/c1-25(2)13-14-27(5)15-17-29(7)22-11-9-20-21(10-12-24(31)26(20,3)4)28(22,6)16-18-30(29,8)23(27)19-25/h9,21-24,31H,10-19H2,1-8H3/t21-,22-,23+,24-,27-,28+,29-,30+/m1/s1.